The standard InChI is InChI=1S/C17H23BrN4OS/c1-4-12(5-2)20-16-15(18)11-19-17(22-16)21-13-7-6-8-14(10-9-13)24(3)23/h6-13H,4-5H2,1-3H3,(H2,19,20,21,22). The van der Waals surface area contributed by atoms with Gasteiger partial charge < -0.3 is 10.6 Å². The zero-order valence-electron chi connectivity index (χ0n) is 14.1. The molecule has 24 heavy (non-hydrogen) atoms. The molecule has 0 aliphatic heterocycles. The molecule has 1 aromatic rings. The average Bonchev–Trinajstić information content (AvgIpc) is 2.81. The second kappa shape index (κ2) is 9.13. The van der Waals surface area contributed by atoms with Crippen molar-refractivity contribution < 1.29 is 4.21 Å². The number of rotatable bonds is 7. The topological polar surface area (TPSA) is 66.9 Å². The van der Waals surface area contributed by atoms with Gasteiger partial charge in [0.25, 0.3) is 0 Å². The molecule has 0 spiro atoms. The molecule has 0 aromatic carbocycles. The lowest BCUT2D eigenvalue weighted by Crippen LogP contribution is -2.20. The van der Waals surface area contributed by atoms with Crippen molar-refractivity contribution in [3.63, 3.8) is 0 Å². The molecule has 1 heterocycles. The van der Waals surface area contributed by atoms with Crippen LogP contribution in [-0.4, -0.2) is 32.5 Å². The lowest BCUT2D eigenvalue weighted by Gasteiger charge is -2.18. The molecule has 130 valence electrons. The second-order valence-corrected chi connectivity index (χ2v) is 7.72. The highest BCUT2D eigenvalue weighted by Gasteiger charge is 2.11. The van der Waals surface area contributed by atoms with Gasteiger partial charge >= 0.3 is 0 Å². The van der Waals surface area contributed by atoms with Gasteiger partial charge in [0.05, 0.1) is 10.5 Å². The largest absolute Gasteiger partial charge is 0.366 e. The van der Waals surface area contributed by atoms with Crippen LogP contribution in [0.3, 0.4) is 0 Å². The van der Waals surface area contributed by atoms with Crippen molar-refractivity contribution in [3.05, 3.63) is 46.0 Å². The summed E-state index contributed by atoms with van der Waals surface area (Å²) in [5, 5.41) is 6.70. The summed E-state index contributed by atoms with van der Waals surface area (Å²) in [5.41, 5.74) is 0. The minimum atomic E-state index is -0.992. The zero-order valence-corrected chi connectivity index (χ0v) is 16.5. The normalized spacial score (nSPS) is 18.2. The van der Waals surface area contributed by atoms with Gasteiger partial charge in [0.2, 0.25) is 5.95 Å². The maximum atomic E-state index is 11.6. The Balaban J connectivity index is 2.11. The predicted octanol–water partition coefficient (Wildman–Crippen LogP) is 4.01. The van der Waals surface area contributed by atoms with Crippen molar-refractivity contribution in [2.75, 3.05) is 16.9 Å². The Hall–Kier alpha value is -1.47. The highest BCUT2D eigenvalue weighted by atomic mass is 79.9. The van der Waals surface area contributed by atoms with Gasteiger partial charge in [-0.05, 0) is 40.9 Å². The van der Waals surface area contributed by atoms with E-state index < -0.39 is 10.8 Å². The van der Waals surface area contributed by atoms with Gasteiger partial charge in [-0.3, -0.25) is 4.21 Å². The monoisotopic (exact) mass is 410 g/mol. The number of allylic oxidation sites excluding steroid dienone is 3. The average molecular weight is 411 g/mol. The van der Waals surface area contributed by atoms with Crippen LogP contribution >= 0.6 is 15.9 Å². The quantitative estimate of drug-likeness (QED) is 0.710. The minimum Gasteiger partial charge on any atom is -0.366 e. The molecule has 2 N–H and O–H groups in total. The Morgan fingerprint density at radius 3 is 2.75 bits per heavy atom. The molecule has 0 fully saturated rings. The van der Waals surface area contributed by atoms with Crippen LogP contribution in [0.25, 0.3) is 0 Å². The van der Waals surface area contributed by atoms with Crippen molar-refractivity contribution in [1.29, 1.82) is 0 Å². The second-order valence-electron chi connectivity index (χ2n) is 5.49. The third-order valence-electron chi connectivity index (χ3n) is 3.75. The van der Waals surface area contributed by atoms with E-state index in [0.717, 1.165) is 28.0 Å². The molecule has 0 saturated carbocycles. The first-order valence-corrected chi connectivity index (χ1v) is 10.3. The molecule has 1 aliphatic rings. The molecule has 0 amide bonds. The lowest BCUT2D eigenvalue weighted by atomic mass is 10.2. The van der Waals surface area contributed by atoms with E-state index in [1.807, 2.05) is 30.4 Å². The van der Waals surface area contributed by atoms with E-state index >= 15 is 0 Å². The van der Waals surface area contributed by atoms with Crippen LogP contribution in [0, 0.1) is 0 Å². The van der Waals surface area contributed by atoms with E-state index in [1.54, 1.807) is 12.5 Å². The highest BCUT2D eigenvalue weighted by Crippen LogP contribution is 2.22. The van der Waals surface area contributed by atoms with E-state index in [0.29, 0.717) is 12.0 Å². The van der Waals surface area contributed by atoms with Crippen LogP contribution in [-0.2, 0) is 10.8 Å². The molecule has 1 aliphatic carbocycles. The third kappa shape index (κ3) is 5.27. The van der Waals surface area contributed by atoms with Crippen LogP contribution in [0.15, 0.2) is 46.0 Å². The van der Waals surface area contributed by atoms with Gasteiger partial charge in [-0.25, -0.2) is 4.98 Å². The molecule has 2 atom stereocenters. The fourth-order valence-corrected chi connectivity index (χ4v) is 3.10. The third-order valence-corrected chi connectivity index (χ3v) is 5.26. The Bertz CT molecular complexity index is 683. The number of aromatic nitrogens is 2. The van der Waals surface area contributed by atoms with Crippen LogP contribution < -0.4 is 10.6 Å². The van der Waals surface area contributed by atoms with Gasteiger partial charge in [-0.2, -0.15) is 4.98 Å². The van der Waals surface area contributed by atoms with Crippen LogP contribution in [0.5, 0.6) is 0 Å². The molecule has 2 rings (SSSR count). The Kier molecular flexibility index (Phi) is 7.17. The first kappa shape index (κ1) is 18.9. The smallest absolute Gasteiger partial charge is 0.225 e. The van der Waals surface area contributed by atoms with E-state index in [4.69, 9.17) is 0 Å². The summed E-state index contributed by atoms with van der Waals surface area (Å²) in [7, 11) is -0.992. The summed E-state index contributed by atoms with van der Waals surface area (Å²) in [6.45, 7) is 4.30. The van der Waals surface area contributed by atoms with Crippen molar-refractivity contribution in [1.82, 2.24) is 9.97 Å². The fourth-order valence-electron chi connectivity index (χ4n) is 2.25. The molecular formula is C17H23BrN4OS. The Morgan fingerprint density at radius 1 is 1.33 bits per heavy atom. The number of nitrogens with one attached hydrogen (secondary N) is 2. The molecule has 0 saturated heterocycles. The SMILES string of the molecule is CCC(CC)Nc1nc(NC2C=CC=C(S(C)=O)C=C2)ncc1Br. The van der Waals surface area contributed by atoms with Crippen molar-refractivity contribution in [3.8, 4) is 0 Å². The minimum absolute atomic E-state index is 0.0514. The van der Waals surface area contributed by atoms with Gasteiger partial charge in [-0.1, -0.05) is 32.1 Å². The molecule has 0 bridgehead atoms. The number of hydrogen-bond acceptors (Lipinski definition) is 5. The van der Waals surface area contributed by atoms with E-state index in [2.05, 4.69) is 50.4 Å². The summed E-state index contributed by atoms with van der Waals surface area (Å²) in [6, 6.07) is 0.331. The summed E-state index contributed by atoms with van der Waals surface area (Å²) in [6.07, 6.45) is 15.1. The van der Waals surface area contributed by atoms with Crippen molar-refractivity contribution >= 4 is 38.5 Å². The molecular weight excluding hydrogens is 388 g/mol. The molecule has 0 radical (unpaired) electrons. The first-order valence-electron chi connectivity index (χ1n) is 7.99. The maximum absolute atomic E-state index is 11.6. The maximum Gasteiger partial charge on any atom is 0.225 e. The van der Waals surface area contributed by atoms with Crippen molar-refractivity contribution in [2.45, 2.75) is 38.8 Å². The van der Waals surface area contributed by atoms with E-state index in [-0.39, 0.29) is 6.04 Å². The zero-order chi connectivity index (χ0) is 17.5. The summed E-state index contributed by atoms with van der Waals surface area (Å²) in [5.74, 6) is 1.34. The number of anilines is 2. The van der Waals surface area contributed by atoms with Crippen LogP contribution in [0.1, 0.15) is 26.7 Å². The number of halogens is 1. The Morgan fingerprint density at radius 2 is 2.08 bits per heavy atom. The molecule has 7 heteroatoms. The van der Waals surface area contributed by atoms with Gasteiger partial charge in [0, 0.05) is 34.2 Å². The summed E-state index contributed by atoms with van der Waals surface area (Å²) < 4.78 is 12.4. The molecule has 2 unspecified atom stereocenters. The van der Waals surface area contributed by atoms with E-state index in [9.17, 15) is 4.21 Å². The molecule has 5 nitrogen and oxygen atoms in total. The summed E-state index contributed by atoms with van der Waals surface area (Å²) in [4.78, 5) is 9.68. The van der Waals surface area contributed by atoms with Crippen LogP contribution in [0.2, 0.25) is 0 Å². The van der Waals surface area contributed by atoms with Crippen LogP contribution in [0.4, 0.5) is 11.8 Å². The van der Waals surface area contributed by atoms with Gasteiger partial charge in [-0.15, -0.1) is 0 Å². The number of hydrogen-bond donors (Lipinski definition) is 2. The number of nitrogens with zero attached hydrogens (tertiary/aromatic N) is 2. The molecule has 1 aromatic heterocycles. The van der Waals surface area contributed by atoms with Crippen molar-refractivity contribution in [2.24, 2.45) is 0 Å². The highest BCUT2D eigenvalue weighted by molar-refractivity contribution is 9.10. The first-order chi connectivity index (χ1) is 11.5. The van der Waals surface area contributed by atoms with E-state index in [1.165, 1.54) is 0 Å². The van der Waals surface area contributed by atoms with Gasteiger partial charge in [0.15, 0.2) is 0 Å². The predicted molar refractivity (Wildman–Crippen MR) is 106 cm³/mol. The Labute approximate surface area is 154 Å². The summed E-state index contributed by atoms with van der Waals surface area (Å²) >= 11 is 3.49. The lowest BCUT2D eigenvalue weighted by molar-refractivity contribution is 0.667. The van der Waals surface area contributed by atoms with Gasteiger partial charge in [0.1, 0.15) is 5.82 Å². The fraction of sp³-hybridized carbons (Fsp3) is 0.412.